The number of phenols is 1. The Bertz CT molecular complexity index is 521. The Labute approximate surface area is 103 Å². The van der Waals surface area contributed by atoms with Crippen LogP contribution in [0.25, 0.3) is 0 Å². The number of ketones is 1. The van der Waals surface area contributed by atoms with E-state index >= 15 is 0 Å². The molecule has 0 bridgehead atoms. The molecule has 1 aromatic carbocycles. The van der Waals surface area contributed by atoms with Crippen LogP contribution in [0.1, 0.15) is 22.8 Å². The first-order chi connectivity index (χ1) is 7.88. The van der Waals surface area contributed by atoms with Crippen LogP contribution in [0, 0.1) is 12.7 Å². The number of carbonyl (C=O) groups excluding carboxylic acids is 2. The lowest BCUT2D eigenvalue weighted by Gasteiger charge is -2.07. The van der Waals surface area contributed by atoms with Crippen LogP contribution in [0.4, 0.5) is 4.39 Å². The molecule has 0 radical (unpaired) electrons. The zero-order chi connectivity index (χ0) is 13.2. The summed E-state index contributed by atoms with van der Waals surface area (Å²) in [5.74, 6) is -2.04. The number of halogens is 1. The highest BCUT2D eigenvalue weighted by molar-refractivity contribution is 7.97. The Morgan fingerprint density at radius 2 is 2.00 bits per heavy atom. The van der Waals surface area contributed by atoms with Crippen LogP contribution in [0.3, 0.4) is 0 Å². The van der Waals surface area contributed by atoms with E-state index in [1.807, 2.05) is 0 Å². The van der Waals surface area contributed by atoms with Crippen molar-refractivity contribution in [2.45, 2.75) is 13.8 Å². The van der Waals surface area contributed by atoms with E-state index in [0.717, 1.165) is 12.1 Å². The Hall–Kier alpha value is -1.62. The van der Waals surface area contributed by atoms with Gasteiger partial charge in [0.1, 0.15) is 0 Å². The summed E-state index contributed by atoms with van der Waals surface area (Å²) in [7, 11) is 0. The van der Waals surface area contributed by atoms with E-state index in [1.165, 1.54) is 13.0 Å². The lowest BCUT2D eigenvalue weighted by molar-refractivity contribution is -0.107. The molecule has 0 amide bonds. The van der Waals surface area contributed by atoms with Gasteiger partial charge in [0, 0.05) is 5.56 Å². The molecule has 1 aromatic rings. The lowest BCUT2D eigenvalue weighted by Crippen LogP contribution is -2.10. The fourth-order valence-corrected chi connectivity index (χ4v) is 1.64. The van der Waals surface area contributed by atoms with Crippen LogP contribution >= 0.6 is 12.6 Å². The monoisotopic (exact) mass is 254 g/mol. The maximum atomic E-state index is 13.2. The number of benzene rings is 1. The largest absolute Gasteiger partial charge is 0.505 e. The lowest BCUT2D eigenvalue weighted by atomic mass is 9.99. The molecule has 0 saturated heterocycles. The van der Waals surface area contributed by atoms with Crippen LogP contribution in [-0.4, -0.2) is 16.0 Å². The molecular weight excluding hydrogens is 243 g/mol. The minimum atomic E-state index is -0.902. The summed E-state index contributed by atoms with van der Waals surface area (Å²) in [6, 6.07) is 2.05. The van der Waals surface area contributed by atoms with Crippen molar-refractivity contribution in [3.8, 4) is 5.75 Å². The quantitative estimate of drug-likeness (QED) is 0.286. The van der Waals surface area contributed by atoms with E-state index in [9.17, 15) is 14.0 Å². The summed E-state index contributed by atoms with van der Waals surface area (Å²) in [6.07, 6.45) is 1.32. The fourth-order valence-electron chi connectivity index (χ4n) is 1.41. The van der Waals surface area contributed by atoms with Gasteiger partial charge in [-0.1, -0.05) is 6.08 Å². The van der Waals surface area contributed by atoms with Gasteiger partial charge in [0.25, 0.3) is 0 Å². The second kappa shape index (κ2) is 5.14. The Balaban J connectivity index is 3.31. The first-order valence-electron chi connectivity index (χ1n) is 4.82. The zero-order valence-corrected chi connectivity index (χ0v) is 10.2. The molecule has 0 fully saturated rings. The number of Topliss-reactive ketones (excluding diaryl/α,β-unsaturated/α-hetero) is 1. The molecule has 1 rings (SSSR count). The number of aromatic hydroxyl groups is 1. The van der Waals surface area contributed by atoms with E-state index in [4.69, 9.17) is 5.11 Å². The van der Waals surface area contributed by atoms with E-state index in [-0.39, 0.29) is 11.1 Å². The molecule has 0 aromatic heterocycles. The number of thiol groups is 1. The fraction of sp³-hybridized carbons (Fsp3) is 0.167. The van der Waals surface area contributed by atoms with E-state index in [1.54, 1.807) is 6.92 Å². The van der Waals surface area contributed by atoms with Crippen LogP contribution < -0.4 is 0 Å². The molecule has 0 unspecified atom stereocenters. The molecule has 0 aliphatic rings. The number of carbonyl (C=O) groups is 2. The second-order valence-corrected chi connectivity index (χ2v) is 3.86. The highest BCUT2D eigenvalue weighted by atomic mass is 32.1. The zero-order valence-electron chi connectivity index (χ0n) is 9.32. The molecule has 3 nitrogen and oxygen atoms in total. The first-order valence-corrected chi connectivity index (χ1v) is 5.26. The molecule has 5 heteroatoms. The average Bonchev–Trinajstić information content (AvgIpc) is 2.23. The maximum Gasteiger partial charge on any atom is 0.219 e. The molecule has 0 saturated carbocycles. The highest BCUT2D eigenvalue weighted by Crippen LogP contribution is 2.23. The van der Waals surface area contributed by atoms with Gasteiger partial charge in [-0.05, 0) is 31.5 Å². The minimum absolute atomic E-state index is 0.0378. The third-order valence-corrected chi connectivity index (χ3v) is 2.54. The van der Waals surface area contributed by atoms with Crippen molar-refractivity contribution in [1.82, 2.24) is 0 Å². The average molecular weight is 254 g/mol. The molecule has 90 valence electrons. The molecule has 0 aliphatic carbocycles. The van der Waals surface area contributed by atoms with Crippen LogP contribution in [0.2, 0.25) is 0 Å². The predicted octanol–water partition coefficient (Wildman–Crippen LogP) is 2.43. The Kier molecular flexibility index (Phi) is 4.07. The van der Waals surface area contributed by atoms with Crippen molar-refractivity contribution in [3.05, 3.63) is 40.7 Å². The van der Waals surface area contributed by atoms with Gasteiger partial charge in [-0.3, -0.25) is 9.59 Å². The number of hydrogen-bond acceptors (Lipinski definition) is 3. The SMILES string of the molecule is C/C=C(/C(=O)S)C(=O)c1cc(F)c(O)cc1C. The molecule has 0 aliphatic heterocycles. The third kappa shape index (κ3) is 2.74. The topological polar surface area (TPSA) is 54.4 Å². The van der Waals surface area contributed by atoms with Gasteiger partial charge in [0.05, 0.1) is 5.57 Å². The molecule has 0 heterocycles. The van der Waals surface area contributed by atoms with Gasteiger partial charge in [0.15, 0.2) is 17.3 Å². The van der Waals surface area contributed by atoms with Crippen molar-refractivity contribution in [2.75, 3.05) is 0 Å². The molecular formula is C12H11FO3S. The van der Waals surface area contributed by atoms with Crippen molar-refractivity contribution >= 4 is 23.5 Å². The smallest absolute Gasteiger partial charge is 0.219 e. The van der Waals surface area contributed by atoms with E-state index < -0.39 is 22.5 Å². The van der Waals surface area contributed by atoms with Crippen LogP contribution in [-0.2, 0) is 4.79 Å². The van der Waals surface area contributed by atoms with Crippen molar-refractivity contribution in [1.29, 1.82) is 0 Å². The molecule has 17 heavy (non-hydrogen) atoms. The molecule has 0 spiro atoms. The van der Waals surface area contributed by atoms with Crippen molar-refractivity contribution in [3.63, 3.8) is 0 Å². The first kappa shape index (κ1) is 13.4. The van der Waals surface area contributed by atoms with E-state index in [0.29, 0.717) is 5.56 Å². The van der Waals surface area contributed by atoms with Gasteiger partial charge >= 0.3 is 0 Å². The van der Waals surface area contributed by atoms with Gasteiger partial charge < -0.3 is 5.11 Å². The van der Waals surface area contributed by atoms with E-state index in [2.05, 4.69) is 12.6 Å². The van der Waals surface area contributed by atoms with Crippen molar-refractivity contribution < 1.29 is 19.1 Å². The third-order valence-electron chi connectivity index (χ3n) is 2.30. The minimum Gasteiger partial charge on any atom is -0.505 e. The number of phenolic OH excluding ortho intramolecular Hbond substituents is 1. The van der Waals surface area contributed by atoms with Crippen molar-refractivity contribution in [2.24, 2.45) is 0 Å². The molecule has 0 atom stereocenters. The Morgan fingerprint density at radius 1 is 1.41 bits per heavy atom. The summed E-state index contributed by atoms with van der Waals surface area (Å²) < 4.78 is 13.2. The van der Waals surface area contributed by atoms with Gasteiger partial charge in [0.2, 0.25) is 5.12 Å². The maximum absolute atomic E-state index is 13.2. The standard InChI is InChI=1S/C12H11FO3S/c1-3-7(12(16)17)11(15)8-5-9(13)10(14)4-6(8)2/h3-5,14H,1-2H3,(H,16,17)/b7-3+. The summed E-state index contributed by atoms with van der Waals surface area (Å²) in [6.45, 7) is 3.07. The molecule has 1 N–H and O–H groups in total. The van der Waals surface area contributed by atoms with Crippen LogP contribution in [0.5, 0.6) is 5.75 Å². The van der Waals surface area contributed by atoms with Gasteiger partial charge in [-0.2, -0.15) is 0 Å². The highest BCUT2D eigenvalue weighted by Gasteiger charge is 2.19. The summed E-state index contributed by atoms with van der Waals surface area (Å²) >= 11 is 3.57. The van der Waals surface area contributed by atoms with Gasteiger partial charge in [-0.25, -0.2) is 4.39 Å². The van der Waals surface area contributed by atoms with Gasteiger partial charge in [-0.15, -0.1) is 12.6 Å². The number of aryl methyl sites for hydroxylation is 1. The normalized spacial score (nSPS) is 11.4. The Morgan fingerprint density at radius 3 is 2.47 bits per heavy atom. The summed E-state index contributed by atoms with van der Waals surface area (Å²) in [4.78, 5) is 23.0. The summed E-state index contributed by atoms with van der Waals surface area (Å²) in [5.41, 5.74) is 0.306. The predicted molar refractivity (Wildman–Crippen MR) is 64.9 cm³/mol. The number of hydrogen-bond donors (Lipinski definition) is 2. The summed E-state index contributed by atoms with van der Waals surface area (Å²) in [5, 5.41) is 8.45. The van der Waals surface area contributed by atoms with Crippen LogP contribution in [0.15, 0.2) is 23.8 Å². The number of rotatable bonds is 3. The number of allylic oxidation sites excluding steroid dienone is 1. The second-order valence-electron chi connectivity index (χ2n) is 3.46.